The highest BCUT2D eigenvalue weighted by Crippen LogP contribution is 2.20. The van der Waals surface area contributed by atoms with Crippen molar-refractivity contribution in [2.45, 2.75) is 13.0 Å². The highest BCUT2D eigenvalue weighted by molar-refractivity contribution is 6.35. The number of aromatic nitrogens is 1. The first-order chi connectivity index (χ1) is 10.1. The van der Waals surface area contributed by atoms with Gasteiger partial charge in [-0.15, -0.1) is 0 Å². The van der Waals surface area contributed by atoms with E-state index >= 15 is 0 Å². The number of hydrogen-bond donors (Lipinski definition) is 1. The van der Waals surface area contributed by atoms with Gasteiger partial charge < -0.3 is 5.73 Å². The van der Waals surface area contributed by atoms with Crippen molar-refractivity contribution in [1.29, 1.82) is 0 Å². The molecule has 21 heavy (non-hydrogen) atoms. The Morgan fingerprint density at radius 2 is 1.81 bits per heavy atom. The number of pyridine rings is 1. The van der Waals surface area contributed by atoms with Crippen molar-refractivity contribution in [3.05, 3.63) is 75.7 Å². The van der Waals surface area contributed by atoms with Crippen LogP contribution in [0.1, 0.15) is 18.5 Å². The van der Waals surface area contributed by atoms with E-state index in [0.29, 0.717) is 10.4 Å². The average Bonchev–Trinajstić information content (AvgIpc) is 2.48. The number of nitrogens with two attached hydrogens (primary N) is 1. The Bertz CT molecular complexity index is 851. The molecule has 3 nitrogen and oxygen atoms in total. The molecule has 1 aromatic heterocycles. The topological polar surface area (TPSA) is 48.0 Å². The largest absolute Gasteiger partial charge is 0.324 e. The molecule has 0 amide bonds. The molecule has 0 aliphatic rings. The van der Waals surface area contributed by atoms with Crippen molar-refractivity contribution in [2.24, 2.45) is 5.73 Å². The fourth-order valence-corrected chi connectivity index (χ4v) is 2.65. The molecule has 1 heterocycles. The third kappa shape index (κ3) is 2.46. The van der Waals surface area contributed by atoms with Crippen LogP contribution in [-0.2, 0) is 0 Å². The van der Waals surface area contributed by atoms with E-state index in [1.807, 2.05) is 49.4 Å². The minimum atomic E-state index is -0.119. The summed E-state index contributed by atoms with van der Waals surface area (Å²) in [6.45, 7) is 1.93. The Morgan fingerprint density at radius 1 is 1.10 bits per heavy atom. The van der Waals surface area contributed by atoms with Gasteiger partial charge in [0.1, 0.15) is 0 Å². The van der Waals surface area contributed by atoms with Crippen molar-refractivity contribution in [3.8, 4) is 5.69 Å². The van der Waals surface area contributed by atoms with Gasteiger partial charge in [-0.25, -0.2) is 0 Å². The molecule has 0 spiro atoms. The molecule has 106 valence electrons. The summed E-state index contributed by atoms with van der Waals surface area (Å²) in [5, 5.41) is 1.85. The summed E-state index contributed by atoms with van der Waals surface area (Å²) in [6.07, 6.45) is 1.77. The second-order valence-electron chi connectivity index (χ2n) is 5.08. The highest BCUT2D eigenvalue weighted by atomic mass is 35.5. The van der Waals surface area contributed by atoms with Crippen LogP contribution in [0.5, 0.6) is 0 Å². The molecule has 0 aliphatic carbocycles. The lowest BCUT2D eigenvalue weighted by Gasteiger charge is -2.10. The van der Waals surface area contributed by atoms with Crippen molar-refractivity contribution >= 4 is 22.4 Å². The maximum absolute atomic E-state index is 12.6. The Labute approximate surface area is 127 Å². The lowest BCUT2D eigenvalue weighted by Crippen LogP contribution is -2.18. The van der Waals surface area contributed by atoms with Crippen LogP contribution >= 0.6 is 11.6 Å². The standard InChI is InChI=1S/C17H15ClN2O/c1-11(19)12-5-7-14(8-6-12)20-10-9-13-3-2-4-15(18)16(13)17(20)21/h2-11H,19H2,1H3/t11-/m1/s1. The van der Waals surface area contributed by atoms with E-state index in [1.165, 1.54) is 0 Å². The summed E-state index contributed by atoms with van der Waals surface area (Å²) < 4.78 is 1.60. The van der Waals surface area contributed by atoms with Gasteiger partial charge in [-0.2, -0.15) is 0 Å². The molecule has 0 fully saturated rings. The number of benzene rings is 2. The number of rotatable bonds is 2. The second-order valence-corrected chi connectivity index (χ2v) is 5.48. The molecule has 3 aromatic rings. The van der Waals surface area contributed by atoms with Gasteiger partial charge in [-0.05, 0) is 42.1 Å². The molecule has 2 N–H and O–H groups in total. The van der Waals surface area contributed by atoms with Crippen LogP contribution in [0.25, 0.3) is 16.5 Å². The number of fused-ring (bicyclic) bond motifs is 1. The number of hydrogen-bond acceptors (Lipinski definition) is 2. The van der Waals surface area contributed by atoms with E-state index in [0.717, 1.165) is 16.6 Å². The predicted octanol–water partition coefficient (Wildman–Crippen LogP) is 3.66. The fourth-order valence-electron chi connectivity index (χ4n) is 2.39. The van der Waals surface area contributed by atoms with Crippen LogP contribution in [0, 0.1) is 0 Å². The molecule has 0 saturated heterocycles. The molecular formula is C17H15ClN2O. The van der Waals surface area contributed by atoms with E-state index in [1.54, 1.807) is 16.8 Å². The Kier molecular flexibility index (Phi) is 3.53. The van der Waals surface area contributed by atoms with Gasteiger partial charge in [0, 0.05) is 17.9 Å². The summed E-state index contributed by atoms with van der Waals surface area (Å²) in [7, 11) is 0. The zero-order valence-electron chi connectivity index (χ0n) is 11.6. The van der Waals surface area contributed by atoms with Gasteiger partial charge in [0.25, 0.3) is 5.56 Å². The van der Waals surface area contributed by atoms with Crippen LogP contribution in [0.4, 0.5) is 0 Å². The third-order valence-electron chi connectivity index (χ3n) is 3.58. The average molecular weight is 299 g/mol. The molecular weight excluding hydrogens is 284 g/mol. The summed E-state index contributed by atoms with van der Waals surface area (Å²) in [5.74, 6) is 0. The lowest BCUT2D eigenvalue weighted by atomic mass is 10.1. The normalized spacial score (nSPS) is 12.5. The Morgan fingerprint density at radius 3 is 2.48 bits per heavy atom. The van der Waals surface area contributed by atoms with Crippen LogP contribution in [0.3, 0.4) is 0 Å². The maximum Gasteiger partial charge on any atom is 0.264 e. The van der Waals surface area contributed by atoms with Gasteiger partial charge in [-0.3, -0.25) is 9.36 Å². The van der Waals surface area contributed by atoms with Crippen LogP contribution in [-0.4, -0.2) is 4.57 Å². The maximum atomic E-state index is 12.6. The molecule has 2 aromatic carbocycles. The van der Waals surface area contributed by atoms with Gasteiger partial charge in [-0.1, -0.05) is 35.9 Å². The molecule has 0 saturated carbocycles. The monoisotopic (exact) mass is 298 g/mol. The van der Waals surface area contributed by atoms with Crippen molar-refractivity contribution in [2.75, 3.05) is 0 Å². The molecule has 0 aliphatic heterocycles. The van der Waals surface area contributed by atoms with Gasteiger partial charge in [0.15, 0.2) is 0 Å². The molecule has 3 rings (SSSR count). The summed E-state index contributed by atoms with van der Waals surface area (Å²) in [4.78, 5) is 12.6. The molecule has 1 atom stereocenters. The quantitative estimate of drug-likeness (QED) is 0.785. The molecule has 0 radical (unpaired) electrons. The summed E-state index contributed by atoms with van der Waals surface area (Å²) in [5.41, 5.74) is 7.55. The third-order valence-corrected chi connectivity index (χ3v) is 3.89. The van der Waals surface area contributed by atoms with Crippen molar-refractivity contribution in [3.63, 3.8) is 0 Å². The summed E-state index contributed by atoms with van der Waals surface area (Å²) >= 11 is 6.16. The second kappa shape index (κ2) is 5.35. The predicted molar refractivity (Wildman–Crippen MR) is 87.2 cm³/mol. The first-order valence-electron chi connectivity index (χ1n) is 6.74. The molecule has 0 unspecified atom stereocenters. The van der Waals surface area contributed by atoms with Gasteiger partial charge in [0.05, 0.1) is 10.4 Å². The van der Waals surface area contributed by atoms with Crippen molar-refractivity contribution in [1.82, 2.24) is 4.57 Å². The first-order valence-corrected chi connectivity index (χ1v) is 7.11. The Hall–Kier alpha value is -2.10. The number of nitrogens with zero attached hydrogens (tertiary/aromatic N) is 1. The van der Waals surface area contributed by atoms with E-state index in [-0.39, 0.29) is 11.6 Å². The Balaban J connectivity index is 2.19. The van der Waals surface area contributed by atoms with E-state index in [4.69, 9.17) is 17.3 Å². The minimum Gasteiger partial charge on any atom is -0.324 e. The lowest BCUT2D eigenvalue weighted by molar-refractivity contribution is 0.817. The SMILES string of the molecule is C[C@@H](N)c1ccc(-n2ccc3cccc(Cl)c3c2=O)cc1. The fraction of sp³-hybridized carbons (Fsp3) is 0.118. The van der Waals surface area contributed by atoms with Crippen LogP contribution < -0.4 is 11.3 Å². The van der Waals surface area contributed by atoms with Crippen LogP contribution in [0.2, 0.25) is 5.02 Å². The zero-order valence-corrected chi connectivity index (χ0v) is 12.3. The molecule has 0 bridgehead atoms. The van der Waals surface area contributed by atoms with E-state index < -0.39 is 0 Å². The highest BCUT2D eigenvalue weighted by Gasteiger charge is 2.08. The summed E-state index contributed by atoms with van der Waals surface area (Å²) in [6, 6.07) is 15.0. The zero-order chi connectivity index (χ0) is 15.0. The van der Waals surface area contributed by atoms with E-state index in [9.17, 15) is 4.79 Å². The van der Waals surface area contributed by atoms with Gasteiger partial charge >= 0.3 is 0 Å². The van der Waals surface area contributed by atoms with E-state index in [2.05, 4.69) is 0 Å². The first kappa shape index (κ1) is 13.9. The smallest absolute Gasteiger partial charge is 0.264 e. The van der Waals surface area contributed by atoms with Crippen LogP contribution in [0.15, 0.2) is 59.5 Å². The minimum absolute atomic E-state index is 0.0261. The van der Waals surface area contributed by atoms with Gasteiger partial charge in [0.2, 0.25) is 0 Å². The number of halogens is 1. The molecule has 4 heteroatoms. The van der Waals surface area contributed by atoms with Crippen molar-refractivity contribution < 1.29 is 0 Å².